The third kappa shape index (κ3) is 4.15. The first-order valence-electron chi connectivity index (χ1n) is 11.5. The molecule has 1 N–H and O–H groups in total. The molecular formula is C25H22Cl2FN3O4S. The van der Waals surface area contributed by atoms with Crippen LogP contribution in [-0.4, -0.2) is 48.5 Å². The zero-order valence-corrected chi connectivity index (χ0v) is 21.3. The third-order valence-corrected chi connectivity index (χ3v) is 10.3. The molecule has 2 atom stereocenters. The van der Waals surface area contributed by atoms with E-state index in [1.807, 2.05) is 0 Å². The minimum absolute atomic E-state index is 0.0569. The van der Waals surface area contributed by atoms with E-state index in [1.54, 1.807) is 12.1 Å². The van der Waals surface area contributed by atoms with Gasteiger partial charge in [0, 0.05) is 11.6 Å². The molecule has 1 saturated heterocycles. The lowest BCUT2D eigenvalue weighted by Gasteiger charge is -2.29. The van der Waals surface area contributed by atoms with Crippen molar-refractivity contribution in [3.63, 3.8) is 0 Å². The van der Waals surface area contributed by atoms with Crippen LogP contribution in [0.1, 0.15) is 37.7 Å². The van der Waals surface area contributed by atoms with Crippen LogP contribution in [0.15, 0.2) is 47.4 Å². The fraction of sp³-hybridized carbons (Fsp3) is 0.400. The number of hydrogen-bond donors (Lipinski definition) is 1. The molecule has 7 nitrogen and oxygen atoms in total. The number of hydrogen-bond acceptors (Lipinski definition) is 5. The van der Waals surface area contributed by atoms with E-state index >= 15 is 0 Å². The summed E-state index contributed by atoms with van der Waals surface area (Å²) < 4.78 is 40.7. The fourth-order valence-corrected chi connectivity index (χ4v) is 7.50. The maximum Gasteiger partial charge on any atom is 0.244 e. The maximum absolute atomic E-state index is 13.9. The van der Waals surface area contributed by atoms with E-state index in [1.165, 1.54) is 29.2 Å². The number of halogens is 3. The summed E-state index contributed by atoms with van der Waals surface area (Å²) in [6, 6.07) is 10.8. The van der Waals surface area contributed by atoms with E-state index in [-0.39, 0.29) is 27.9 Å². The van der Waals surface area contributed by atoms with Crippen LogP contribution in [-0.2, 0) is 24.8 Å². The van der Waals surface area contributed by atoms with E-state index < -0.39 is 49.7 Å². The van der Waals surface area contributed by atoms with Crippen LogP contribution < -0.4 is 5.32 Å². The number of amides is 2. The fourth-order valence-electron chi connectivity index (χ4n) is 4.94. The number of carbonyl (C=O) groups excluding carboxylic acids is 2. The average molecular weight is 550 g/mol. The highest BCUT2D eigenvalue weighted by Crippen LogP contribution is 2.53. The van der Waals surface area contributed by atoms with Crippen LogP contribution in [0.25, 0.3) is 0 Å². The molecule has 2 amide bonds. The van der Waals surface area contributed by atoms with Gasteiger partial charge >= 0.3 is 0 Å². The Kier molecular flexibility index (Phi) is 6.05. The first-order valence-corrected chi connectivity index (χ1v) is 13.8. The second kappa shape index (κ2) is 8.72. The van der Waals surface area contributed by atoms with E-state index in [9.17, 15) is 27.7 Å². The lowest BCUT2D eigenvalue weighted by atomic mass is 9.93. The molecule has 2 aromatic rings. The molecule has 1 aliphatic heterocycles. The highest BCUT2D eigenvalue weighted by molar-refractivity contribution is 7.92. The smallest absolute Gasteiger partial charge is 0.244 e. The average Bonchev–Trinajstić information content (AvgIpc) is 3.75. The van der Waals surface area contributed by atoms with Crippen LogP contribution >= 0.6 is 23.2 Å². The van der Waals surface area contributed by atoms with E-state index in [0.717, 1.165) is 6.07 Å². The van der Waals surface area contributed by atoms with Gasteiger partial charge in [0.05, 0.1) is 26.7 Å². The number of sulfone groups is 1. The third-order valence-electron chi connectivity index (χ3n) is 7.34. The number of benzene rings is 2. The first-order chi connectivity index (χ1) is 17.0. The van der Waals surface area contributed by atoms with Crippen molar-refractivity contribution in [1.29, 1.82) is 5.26 Å². The standard InChI is InChI=1S/C25H22Cl2FN3O4S/c26-18-3-1-2-4-21(18)36(34,35)16-12-20(22(32)30-24(14-29)7-8-24)31(13-16)23(33)25(9-10-25)17-6-5-15(28)11-19(17)27/h1-6,11,16,20H,7-10,12-13H2,(H,30,32)/t16-,20+/m1/s1. The first kappa shape index (κ1) is 25.0. The van der Waals surface area contributed by atoms with Crippen molar-refractivity contribution in [2.75, 3.05) is 6.54 Å². The summed E-state index contributed by atoms with van der Waals surface area (Å²) in [7, 11) is -3.99. The van der Waals surface area contributed by atoms with Crippen LogP contribution in [0.3, 0.4) is 0 Å². The summed E-state index contributed by atoms with van der Waals surface area (Å²) in [5.74, 6) is -1.54. The van der Waals surface area contributed by atoms with Gasteiger partial charge in [0.1, 0.15) is 17.4 Å². The zero-order chi connectivity index (χ0) is 25.9. The SMILES string of the molecule is N#CC1(NC(=O)[C@@H]2C[C@@H](S(=O)(=O)c3ccccc3Cl)CN2C(=O)C2(c3ccc(F)cc3Cl)CC2)CC1. The van der Waals surface area contributed by atoms with Gasteiger partial charge in [-0.3, -0.25) is 9.59 Å². The summed E-state index contributed by atoms with van der Waals surface area (Å²) in [4.78, 5) is 28.4. The van der Waals surface area contributed by atoms with Crippen LogP contribution in [0.2, 0.25) is 10.0 Å². The largest absolute Gasteiger partial charge is 0.336 e. The minimum Gasteiger partial charge on any atom is -0.336 e. The summed E-state index contributed by atoms with van der Waals surface area (Å²) in [5.41, 5.74) is -1.59. The van der Waals surface area contributed by atoms with Gasteiger partial charge in [0.2, 0.25) is 11.8 Å². The Morgan fingerprint density at radius 3 is 2.36 bits per heavy atom. The summed E-state index contributed by atoms with van der Waals surface area (Å²) in [6.07, 6.45) is 1.72. The molecule has 5 rings (SSSR count). The van der Waals surface area contributed by atoms with Crippen molar-refractivity contribution in [2.45, 2.75) is 59.2 Å². The quantitative estimate of drug-likeness (QED) is 0.589. The Morgan fingerprint density at radius 2 is 1.78 bits per heavy atom. The van der Waals surface area contributed by atoms with E-state index in [0.29, 0.717) is 31.2 Å². The molecule has 0 radical (unpaired) electrons. The molecule has 3 aliphatic rings. The van der Waals surface area contributed by atoms with Gasteiger partial charge in [-0.1, -0.05) is 41.4 Å². The number of carbonyl (C=O) groups is 2. The lowest BCUT2D eigenvalue weighted by Crippen LogP contribution is -2.51. The van der Waals surface area contributed by atoms with Gasteiger partial charge in [0.15, 0.2) is 9.84 Å². The highest BCUT2D eigenvalue weighted by Gasteiger charge is 2.58. The van der Waals surface area contributed by atoms with Gasteiger partial charge in [-0.05, 0) is 61.9 Å². The molecule has 2 aromatic carbocycles. The van der Waals surface area contributed by atoms with Crippen molar-refractivity contribution in [1.82, 2.24) is 10.2 Å². The summed E-state index contributed by atoms with van der Waals surface area (Å²) >= 11 is 12.5. The number of rotatable bonds is 6. The normalized spacial score (nSPS) is 23.6. The van der Waals surface area contributed by atoms with E-state index in [4.69, 9.17) is 23.2 Å². The Bertz CT molecular complexity index is 1420. The van der Waals surface area contributed by atoms with Gasteiger partial charge in [-0.25, -0.2) is 12.8 Å². The van der Waals surface area contributed by atoms with Crippen LogP contribution in [0.4, 0.5) is 4.39 Å². The van der Waals surface area contributed by atoms with Crippen LogP contribution in [0, 0.1) is 17.1 Å². The molecule has 188 valence electrons. The molecule has 3 fully saturated rings. The number of nitrogens with zero attached hydrogens (tertiary/aromatic N) is 2. The predicted octanol–water partition coefficient (Wildman–Crippen LogP) is 3.78. The zero-order valence-electron chi connectivity index (χ0n) is 19.0. The van der Waals surface area contributed by atoms with E-state index in [2.05, 4.69) is 11.4 Å². The van der Waals surface area contributed by atoms with Gasteiger partial charge < -0.3 is 10.2 Å². The van der Waals surface area contributed by atoms with Crippen LogP contribution in [0.5, 0.6) is 0 Å². The van der Waals surface area contributed by atoms with Gasteiger partial charge in [-0.15, -0.1) is 0 Å². The number of nitriles is 1. The Balaban J connectivity index is 1.50. The van der Waals surface area contributed by atoms with Gasteiger partial charge in [-0.2, -0.15) is 5.26 Å². The molecule has 0 aromatic heterocycles. The maximum atomic E-state index is 13.9. The predicted molar refractivity (Wildman–Crippen MR) is 131 cm³/mol. The number of likely N-dealkylation sites (tertiary alicyclic amines) is 1. The monoisotopic (exact) mass is 549 g/mol. The lowest BCUT2D eigenvalue weighted by molar-refractivity contribution is -0.140. The Morgan fingerprint density at radius 1 is 1.08 bits per heavy atom. The van der Waals surface area contributed by atoms with Crippen molar-refractivity contribution >= 4 is 44.9 Å². The van der Waals surface area contributed by atoms with Crippen molar-refractivity contribution in [3.8, 4) is 6.07 Å². The molecular weight excluding hydrogens is 528 g/mol. The molecule has 0 spiro atoms. The number of nitrogens with one attached hydrogen (secondary N) is 1. The topological polar surface area (TPSA) is 107 Å². The molecule has 2 saturated carbocycles. The molecule has 36 heavy (non-hydrogen) atoms. The second-order valence-electron chi connectivity index (χ2n) is 9.70. The highest BCUT2D eigenvalue weighted by atomic mass is 35.5. The van der Waals surface area contributed by atoms with Crippen molar-refractivity contribution in [3.05, 3.63) is 63.9 Å². The molecule has 0 bridgehead atoms. The molecule has 11 heteroatoms. The molecule has 0 unspecified atom stereocenters. The van der Waals surface area contributed by atoms with Gasteiger partial charge in [0.25, 0.3) is 0 Å². The Hall–Kier alpha value is -2.67. The molecule has 1 heterocycles. The second-order valence-corrected chi connectivity index (χ2v) is 12.7. The summed E-state index contributed by atoms with van der Waals surface area (Å²) in [6.45, 7) is -0.218. The minimum atomic E-state index is -3.99. The van der Waals surface area contributed by atoms with Crippen molar-refractivity contribution in [2.24, 2.45) is 0 Å². The Labute approximate surface area is 218 Å². The summed E-state index contributed by atoms with van der Waals surface area (Å²) in [5, 5.41) is 11.2. The molecule has 2 aliphatic carbocycles. The van der Waals surface area contributed by atoms with Crippen molar-refractivity contribution < 1.29 is 22.4 Å².